The van der Waals surface area contributed by atoms with Gasteiger partial charge in [-0.05, 0) is 25.5 Å². The molecule has 0 aliphatic carbocycles. The van der Waals surface area contributed by atoms with Crippen molar-refractivity contribution in [1.82, 2.24) is 5.32 Å². The minimum Gasteiger partial charge on any atom is -0.331 e. The molecule has 2 aromatic rings. The molecule has 0 aliphatic rings. The van der Waals surface area contributed by atoms with Gasteiger partial charge in [0.25, 0.3) is 5.69 Å². The highest BCUT2D eigenvalue weighted by molar-refractivity contribution is 5.90. The molecule has 0 bridgehead atoms. The first-order valence-corrected chi connectivity index (χ1v) is 6.85. The van der Waals surface area contributed by atoms with E-state index in [0.29, 0.717) is 11.3 Å². The monoisotopic (exact) mass is 299 g/mol. The molecule has 1 atom stereocenters. The van der Waals surface area contributed by atoms with Crippen LogP contribution in [-0.2, 0) is 0 Å². The predicted molar refractivity (Wildman–Crippen MR) is 84.8 cm³/mol. The second-order valence-corrected chi connectivity index (χ2v) is 4.99. The van der Waals surface area contributed by atoms with Crippen LogP contribution < -0.4 is 10.6 Å². The average Bonchev–Trinajstić information content (AvgIpc) is 2.49. The molecule has 2 amide bonds. The van der Waals surface area contributed by atoms with Crippen LogP contribution in [0.25, 0.3) is 0 Å². The third-order valence-electron chi connectivity index (χ3n) is 3.31. The number of amides is 2. The summed E-state index contributed by atoms with van der Waals surface area (Å²) in [6.07, 6.45) is 0. The lowest BCUT2D eigenvalue weighted by Gasteiger charge is -2.15. The number of carbonyl (C=O) groups is 1. The number of nitrogens with zero attached hydrogens (tertiary/aromatic N) is 1. The molecular weight excluding hydrogens is 282 g/mol. The van der Waals surface area contributed by atoms with Gasteiger partial charge in [-0.3, -0.25) is 10.1 Å². The lowest BCUT2D eigenvalue weighted by Crippen LogP contribution is -2.31. The van der Waals surface area contributed by atoms with Crippen LogP contribution in [-0.4, -0.2) is 11.0 Å². The van der Waals surface area contributed by atoms with Crippen molar-refractivity contribution in [3.8, 4) is 0 Å². The van der Waals surface area contributed by atoms with Gasteiger partial charge in [0.15, 0.2) is 0 Å². The van der Waals surface area contributed by atoms with Crippen LogP contribution in [0.3, 0.4) is 0 Å². The molecule has 6 nitrogen and oxygen atoms in total. The lowest BCUT2D eigenvalue weighted by atomic mass is 10.1. The van der Waals surface area contributed by atoms with Crippen molar-refractivity contribution in [3.05, 3.63) is 69.8 Å². The quantitative estimate of drug-likeness (QED) is 0.665. The summed E-state index contributed by atoms with van der Waals surface area (Å²) in [5, 5.41) is 16.3. The molecule has 0 heterocycles. The van der Waals surface area contributed by atoms with E-state index < -0.39 is 11.0 Å². The number of carbonyl (C=O) groups excluding carboxylic acids is 1. The first-order chi connectivity index (χ1) is 10.5. The van der Waals surface area contributed by atoms with E-state index in [-0.39, 0.29) is 11.7 Å². The van der Waals surface area contributed by atoms with E-state index in [1.807, 2.05) is 37.3 Å². The zero-order chi connectivity index (χ0) is 16.1. The van der Waals surface area contributed by atoms with Gasteiger partial charge < -0.3 is 10.6 Å². The van der Waals surface area contributed by atoms with Gasteiger partial charge in [0.1, 0.15) is 0 Å². The summed E-state index contributed by atoms with van der Waals surface area (Å²) in [5.74, 6) is 0. The second-order valence-electron chi connectivity index (χ2n) is 4.99. The number of hydrogen-bond donors (Lipinski definition) is 2. The molecule has 6 heteroatoms. The maximum absolute atomic E-state index is 12.0. The fourth-order valence-electron chi connectivity index (χ4n) is 2.07. The van der Waals surface area contributed by atoms with Gasteiger partial charge in [0.05, 0.1) is 11.0 Å². The Morgan fingerprint density at radius 3 is 2.50 bits per heavy atom. The van der Waals surface area contributed by atoms with Crippen molar-refractivity contribution in [2.24, 2.45) is 0 Å². The van der Waals surface area contributed by atoms with Crippen LogP contribution in [0.5, 0.6) is 0 Å². The molecule has 0 spiro atoms. The summed E-state index contributed by atoms with van der Waals surface area (Å²) in [5.41, 5.74) is 1.89. The highest BCUT2D eigenvalue weighted by Gasteiger charge is 2.13. The Balaban J connectivity index is 2.03. The molecule has 0 radical (unpaired) electrons. The molecule has 2 aromatic carbocycles. The zero-order valence-electron chi connectivity index (χ0n) is 12.4. The van der Waals surface area contributed by atoms with Crippen molar-refractivity contribution in [3.63, 3.8) is 0 Å². The van der Waals surface area contributed by atoms with E-state index in [2.05, 4.69) is 10.6 Å². The number of nitrogens with one attached hydrogen (secondary N) is 2. The summed E-state index contributed by atoms with van der Waals surface area (Å²) in [6, 6.07) is 13.6. The van der Waals surface area contributed by atoms with E-state index >= 15 is 0 Å². The Hall–Kier alpha value is -2.89. The Bertz CT molecular complexity index is 686. The van der Waals surface area contributed by atoms with Crippen LogP contribution in [0.15, 0.2) is 48.5 Å². The Morgan fingerprint density at radius 1 is 1.18 bits per heavy atom. The van der Waals surface area contributed by atoms with Crippen LogP contribution in [0.2, 0.25) is 0 Å². The molecule has 2 rings (SSSR count). The van der Waals surface area contributed by atoms with E-state index in [1.54, 1.807) is 19.1 Å². The van der Waals surface area contributed by atoms with E-state index in [1.165, 1.54) is 6.07 Å². The average molecular weight is 299 g/mol. The highest BCUT2D eigenvalue weighted by Crippen LogP contribution is 2.22. The SMILES string of the molecule is Cc1ccc(NC(=O)N[C@H](C)c2ccccc2)cc1[N+](=O)[O-]. The number of rotatable bonds is 4. The van der Waals surface area contributed by atoms with Gasteiger partial charge in [-0.1, -0.05) is 36.4 Å². The summed E-state index contributed by atoms with van der Waals surface area (Å²) in [4.78, 5) is 22.4. The van der Waals surface area contributed by atoms with Crippen molar-refractivity contribution in [2.45, 2.75) is 19.9 Å². The number of nitro groups is 1. The fraction of sp³-hybridized carbons (Fsp3) is 0.188. The number of benzene rings is 2. The standard InChI is InChI=1S/C16H17N3O3/c1-11-8-9-14(10-15(11)19(21)22)18-16(20)17-12(2)13-6-4-3-5-7-13/h3-10,12H,1-2H3,(H2,17,18,20)/t12-/m1/s1. The molecule has 0 saturated heterocycles. The van der Waals surface area contributed by atoms with Crippen LogP contribution in [0.4, 0.5) is 16.2 Å². The van der Waals surface area contributed by atoms with Crippen molar-refractivity contribution < 1.29 is 9.72 Å². The smallest absolute Gasteiger partial charge is 0.319 e. The van der Waals surface area contributed by atoms with Gasteiger partial charge in [-0.25, -0.2) is 4.79 Å². The number of urea groups is 1. The maximum Gasteiger partial charge on any atom is 0.319 e. The molecule has 0 aromatic heterocycles. The summed E-state index contributed by atoms with van der Waals surface area (Å²) in [6.45, 7) is 3.52. The van der Waals surface area contributed by atoms with Crippen molar-refractivity contribution in [1.29, 1.82) is 0 Å². The number of nitro benzene ring substituents is 1. The first kappa shape index (κ1) is 15.5. The molecule has 0 fully saturated rings. The van der Waals surface area contributed by atoms with Gasteiger partial charge in [-0.2, -0.15) is 0 Å². The Labute approximate surface area is 128 Å². The third-order valence-corrected chi connectivity index (χ3v) is 3.31. The molecule has 2 N–H and O–H groups in total. The van der Waals surface area contributed by atoms with E-state index in [4.69, 9.17) is 0 Å². The Kier molecular flexibility index (Phi) is 4.73. The summed E-state index contributed by atoms with van der Waals surface area (Å²) >= 11 is 0. The van der Waals surface area contributed by atoms with Crippen LogP contribution >= 0.6 is 0 Å². The number of aryl methyl sites for hydroxylation is 1. The van der Waals surface area contributed by atoms with Gasteiger partial charge in [-0.15, -0.1) is 0 Å². The van der Waals surface area contributed by atoms with E-state index in [0.717, 1.165) is 5.56 Å². The minimum atomic E-state index is -0.467. The summed E-state index contributed by atoms with van der Waals surface area (Å²) in [7, 11) is 0. The molecule has 0 unspecified atom stereocenters. The highest BCUT2D eigenvalue weighted by atomic mass is 16.6. The number of anilines is 1. The maximum atomic E-state index is 12.0. The first-order valence-electron chi connectivity index (χ1n) is 6.85. The van der Waals surface area contributed by atoms with Crippen molar-refractivity contribution in [2.75, 3.05) is 5.32 Å². The van der Waals surface area contributed by atoms with Crippen molar-refractivity contribution >= 4 is 17.4 Å². The van der Waals surface area contributed by atoms with E-state index in [9.17, 15) is 14.9 Å². The van der Waals surface area contributed by atoms with Crippen LogP contribution in [0, 0.1) is 17.0 Å². The van der Waals surface area contributed by atoms with Gasteiger partial charge >= 0.3 is 6.03 Å². The zero-order valence-corrected chi connectivity index (χ0v) is 12.4. The normalized spacial score (nSPS) is 11.5. The molecule has 22 heavy (non-hydrogen) atoms. The van der Waals surface area contributed by atoms with Gasteiger partial charge in [0, 0.05) is 17.3 Å². The fourth-order valence-corrected chi connectivity index (χ4v) is 2.07. The minimum absolute atomic E-state index is 0.0195. The lowest BCUT2D eigenvalue weighted by molar-refractivity contribution is -0.385. The van der Waals surface area contributed by atoms with Gasteiger partial charge in [0.2, 0.25) is 0 Å². The largest absolute Gasteiger partial charge is 0.331 e. The molecule has 0 saturated carbocycles. The molecular formula is C16H17N3O3. The predicted octanol–water partition coefficient (Wildman–Crippen LogP) is 3.79. The Morgan fingerprint density at radius 2 is 1.86 bits per heavy atom. The second kappa shape index (κ2) is 6.71. The third kappa shape index (κ3) is 3.82. The molecule has 0 aliphatic heterocycles. The summed E-state index contributed by atoms with van der Waals surface area (Å²) < 4.78 is 0. The molecule has 114 valence electrons. The topological polar surface area (TPSA) is 84.3 Å². The number of hydrogen-bond acceptors (Lipinski definition) is 3. The van der Waals surface area contributed by atoms with Crippen LogP contribution in [0.1, 0.15) is 24.1 Å².